The summed E-state index contributed by atoms with van der Waals surface area (Å²) < 4.78 is 19.2. The topological polar surface area (TPSA) is 82.0 Å². The van der Waals surface area contributed by atoms with E-state index in [0.717, 1.165) is 43.6 Å². The van der Waals surface area contributed by atoms with Crippen LogP contribution in [0.5, 0.6) is 5.75 Å². The summed E-state index contributed by atoms with van der Waals surface area (Å²) in [4.78, 5) is 13.2. The van der Waals surface area contributed by atoms with Gasteiger partial charge in [0.2, 0.25) is 0 Å². The van der Waals surface area contributed by atoms with Gasteiger partial charge in [0.1, 0.15) is 23.8 Å². The minimum atomic E-state index is -1.15. The molecule has 1 aliphatic rings. The van der Waals surface area contributed by atoms with Crippen molar-refractivity contribution in [1.29, 1.82) is 0 Å². The molecule has 2 aromatic carbocycles. The molecule has 0 saturated carbocycles. The number of rotatable bonds is 10. The van der Waals surface area contributed by atoms with Crippen LogP contribution in [-0.4, -0.2) is 59.0 Å². The quantitative estimate of drug-likeness (QED) is 0.450. The van der Waals surface area contributed by atoms with E-state index in [2.05, 4.69) is 10.2 Å². The van der Waals surface area contributed by atoms with Crippen molar-refractivity contribution >= 4 is 23.6 Å². The largest absolute Gasteiger partial charge is 0.490 e. The number of hydrogen-bond acceptors (Lipinski definition) is 5. The van der Waals surface area contributed by atoms with Gasteiger partial charge in [-0.25, -0.2) is 9.18 Å². The number of carboxylic acid groups (broad SMARTS) is 1. The van der Waals surface area contributed by atoms with Gasteiger partial charge in [0.25, 0.3) is 0 Å². The van der Waals surface area contributed by atoms with E-state index in [1.165, 1.54) is 29.8 Å². The molecule has 8 heteroatoms. The van der Waals surface area contributed by atoms with Gasteiger partial charge in [-0.15, -0.1) is 0 Å². The van der Waals surface area contributed by atoms with Crippen LogP contribution in [0.15, 0.2) is 48.5 Å². The van der Waals surface area contributed by atoms with Crippen LogP contribution < -0.4 is 10.1 Å². The number of ether oxygens (including phenoxy) is 1. The number of halogens is 2. The number of aliphatic hydroxyl groups is 1. The van der Waals surface area contributed by atoms with Gasteiger partial charge >= 0.3 is 5.97 Å². The van der Waals surface area contributed by atoms with Crippen LogP contribution >= 0.6 is 11.6 Å². The van der Waals surface area contributed by atoms with Crippen LogP contribution in [0.2, 0.25) is 5.02 Å². The van der Waals surface area contributed by atoms with Crippen molar-refractivity contribution in [3.05, 3.63) is 70.5 Å². The Kier molecular flexibility index (Phi) is 8.86. The average Bonchev–Trinajstić information content (AvgIpc) is 2.78. The van der Waals surface area contributed by atoms with Gasteiger partial charge in [-0.2, -0.15) is 0 Å². The number of nitrogens with zero attached hydrogens (tertiary/aromatic N) is 1. The van der Waals surface area contributed by atoms with Crippen LogP contribution in [0.25, 0.3) is 6.08 Å². The summed E-state index contributed by atoms with van der Waals surface area (Å²) in [6.07, 6.45) is 4.14. The third-order valence-electron chi connectivity index (χ3n) is 5.59. The molecule has 1 fully saturated rings. The van der Waals surface area contributed by atoms with E-state index in [1.807, 2.05) is 24.3 Å². The molecular formula is C25H30ClFN2O4. The Bertz CT molecular complexity index is 957. The molecule has 0 bridgehead atoms. The first-order valence-corrected chi connectivity index (χ1v) is 11.3. The lowest BCUT2D eigenvalue weighted by Crippen LogP contribution is -2.49. The summed E-state index contributed by atoms with van der Waals surface area (Å²) in [6.45, 7) is 4.82. The Morgan fingerprint density at radius 3 is 2.64 bits per heavy atom. The Morgan fingerprint density at radius 2 is 1.97 bits per heavy atom. The molecular weight excluding hydrogens is 447 g/mol. The monoisotopic (exact) mass is 476 g/mol. The van der Waals surface area contributed by atoms with Gasteiger partial charge in [0, 0.05) is 35.8 Å². The highest BCUT2D eigenvalue weighted by molar-refractivity contribution is 6.30. The van der Waals surface area contributed by atoms with Crippen LogP contribution in [-0.2, 0) is 11.3 Å². The van der Waals surface area contributed by atoms with E-state index >= 15 is 0 Å². The smallest absolute Gasteiger partial charge is 0.328 e. The average molecular weight is 477 g/mol. The highest BCUT2D eigenvalue weighted by atomic mass is 35.5. The second kappa shape index (κ2) is 11.6. The molecule has 1 heterocycles. The minimum Gasteiger partial charge on any atom is -0.490 e. The van der Waals surface area contributed by atoms with Crippen molar-refractivity contribution in [2.45, 2.75) is 38.0 Å². The highest BCUT2D eigenvalue weighted by Crippen LogP contribution is 2.23. The normalized spacial score (nSPS) is 17.2. The third-order valence-corrected chi connectivity index (χ3v) is 5.85. The summed E-state index contributed by atoms with van der Waals surface area (Å²) in [5.41, 5.74) is 0.390. The lowest BCUT2D eigenvalue weighted by Gasteiger charge is -2.34. The molecule has 3 rings (SSSR count). The van der Waals surface area contributed by atoms with E-state index in [-0.39, 0.29) is 6.61 Å². The molecule has 1 aliphatic heterocycles. The maximum Gasteiger partial charge on any atom is 0.328 e. The number of aliphatic carboxylic acids is 1. The highest BCUT2D eigenvalue weighted by Gasteiger charge is 2.25. The SMILES string of the molecule is C[C@](O)(CNC1CCN(Cc2ccc(Cl)cc2)CC1)COc1ccc(F)cc1C=CC(=O)O. The van der Waals surface area contributed by atoms with E-state index < -0.39 is 17.4 Å². The summed E-state index contributed by atoms with van der Waals surface area (Å²) in [6, 6.07) is 12.1. The number of carbonyl (C=O) groups is 1. The van der Waals surface area contributed by atoms with Gasteiger partial charge in [-0.05, 0) is 74.8 Å². The van der Waals surface area contributed by atoms with Crippen LogP contribution in [0.3, 0.4) is 0 Å². The molecule has 6 nitrogen and oxygen atoms in total. The molecule has 1 saturated heterocycles. The van der Waals surface area contributed by atoms with E-state index in [1.54, 1.807) is 6.92 Å². The molecule has 33 heavy (non-hydrogen) atoms. The Hall–Kier alpha value is -2.45. The summed E-state index contributed by atoms with van der Waals surface area (Å²) in [5, 5.41) is 23.7. The first kappa shape index (κ1) is 25.2. The van der Waals surface area contributed by atoms with Gasteiger partial charge < -0.3 is 20.3 Å². The standard InChI is InChI=1S/C25H30ClFN2O4/c1-25(32,17-33-23-8-7-21(27)14-19(23)4-9-24(30)31)16-28-22-10-12-29(13-11-22)15-18-2-5-20(26)6-3-18/h2-9,14,22,28,32H,10-13,15-17H2,1H3,(H,30,31)/t25-/m0/s1. The molecule has 178 valence electrons. The molecule has 0 unspecified atom stereocenters. The second-order valence-corrected chi connectivity index (χ2v) is 9.13. The molecule has 0 aliphatic carbocycles. The Labute approximate surface area is 198 Å². The third kappa shape index (κ3) is 8.44. The molecule has 0 aromatic heterocycles. The lowest BCUT2D eigenvalue weighted by atomic mass is 10.0. The Balaban J connectivity index is 1.44. The summed E-state index contributed by atoms with van der Waals surface area (Å²) in [5.74, 6) is -1.33. The van der Waals surface area contributed by atoms with Crippen molar-refractivity contribution in [2.75, 3.05) is 26.2 Å². The number of carboxylic acids is 1. The molecule has 3 N–H and O–H groups in total. The first-order valence-electron chi connectivity index (χ1n) is 11.0. The molecule has 2 aromatic rings. The number of piperidine rings is 1. The predicted octanol–water partition coefficient (Wildman–Crippen LogP) is 3.96. The maximum absolute atomic E-state index is 13.5. The number of hydrogen-bond donors (Lipinski definition) is 3. The zero-order valence-corrected chi connectivity index (χ0v) is 19.4. The van der Waals surface area contributed by atoms with Crippen LogP contribution in [0.1, 0.15) is 30.9 Å². The fourth-order valence-electron chi connectivity index (χ4n) is 3.73. The van der Waals surface area contributed by atoms with E-state index in [9.17, 15) is 14.3 Å². The van der Waals surface area contributed by atoms with Gasteiger partial charge in [-0.3, -0.25) is 4.90 Å². The van der Waals surface area contributed by atoms with Gasteiger partial charge in [0.05, 0.1) is 0 Å². The molecule has 0 spiro atoms. The number of benzene rings is 2. The fraction of sp³-hybridized carbons (Fsp3) is 0.400. The van der Waals surface area contributed by atoms with Crippen molar-refractivity contribution in [3.8, 4) is 5.75 Å². The van der Waals surface area contributed by atoms with E-state index in [4.69, 9.17) is 21.4 Å². The van der Waals surface area contributed by atoms with Gasteiger partial charge in [0.15, 0.2) is 0 Å². The van der Waals surface area contributed by atoms with Gasteiger partial charge in [-0.1, -0.05) is 23.7 Å². The second-order valence-electron chi connectivity index (χ2n) is 8.70. The Morgan fingerprint density at radius 1 is 1.27 bits per heavy atom. The fourth-order valence-corrected chi connectivity index (χ4v) is 3.86. The molecule has 1 atom stereocenters. The summed E-state index contributed by atoms with van der Waals surface area (Å²) >= 11 is 5.95. The zero-order valence-electron chi connectivity index (χ0n) is 18.6. The predicted molar refractivity (Wildman–Crippen MR) is 127 cm³/mol. The van der Waals surface area contributed by atoms with Crippen LogP contribution in [0, 0.1) is 5.82 Å². The molecule has 0 amide bonds. The summed E-state index contributed by atoms with van der Waals surface area (Å²) in [7, 11) is 0. The number of likely N-dealkylation sites (tertiary alicyclic amines) is 1. The molecule has 0 radical (unpaired) electrons. The van der Waals surface area contributed by atoms with Crippen molar-refractivity contribution < 1.29 is 24.1 Å². The zero-order chi connectivity index (χ0) is 23.8. The minimum absolute atomic E-state index is 0.0189. The van der Waals surface area contributed by atoms with Crippen LogP contribution in [0.4, 0.5) is 4.39 Å². The van der Waals surface area contributed by atoms with Crippen molar-refractivity contribution in [1.82, 2.24) is 10.2 Å². The lowest BCUT2D eigenvalue weighted by molar-refractivity contribution is -0.131. The van der Waals surface area contributed by atoms with Crippen molar-refractivity contribution in [2.24, 2.45) is 0 Å². The van der Waals surface area contributed by atoms with Crippen molar-refractivity contribution in [3.63, 3.8) is 0 Å². The first-order chi connectivity index (χ1) is 15.7. The maximum atomic E-state index is 13.5. The number of nitrogens with one attached hydrogen (secondary N) is 1. The van der Waals surface area contributed by atoms with E-state index in [0.29, 0.717) is 23.9 Å².